The lowest BCUT2D eigenvalue weighted by Gasteiger charge is -2.29. The fourth-order valence-electron chi connectivity index (χ4n) is 4.01. The van der Waals surface area contributed by atoms with E-state index in [1.807, 2.05) is 0 Å². The number of benzene rings is 1. The second-order valence-corrected chi connectivity index (χ2v) is 6.18. The van der Waals surface area contributed by atoms with Crippen LogP contribution in [-0.4, -0.2) is 16.7 Å². The molecular weight excluding hydrogens is 274 g/mol. The van der Waals surface area contributed by atoms with E-state index in [1.54, 1.807) is 0 Å². The van der Waals surface area contributed by atoms with Crippen molar-refractivity contribution in [3.8, 4) is 0 Å². The summed E-state index contributed by atoms with van der Waals surface area (Å²) >= 11 is 0. The summed E-state index contributed by atoms with van der Waals surface area (Å²) in [6.45, 7) is 6.46. The second kappa shape index (κ2) is 5.71. The summed E-state index contributed by atoms with van der Waals surface area (Å²) in [5.41, 5.74) is 5.27. The fraction of sp³-hybridized carbons (Fsp3) is 0.474. The summed E-state index contributed by atoms with van der Waals surface area (Å²) in [7, 11) is 0. The number of carbonyl (C=O) groups excluding carboxylic acids is 2. The maximum atomic E-state index is 12.2. The number of aryl methyl sites for hydroxylation is 2. The van der Waals surface area contributed by atoms with Crippen LogP contribution in [0.2, 0.25) is 0 Å². The van der Waals surface area contributed by atoms with E-state index in [1.165, 1.54) is 39.3 Å². The van der Waals surface area contributed by atoms with Gasteiger partial charge in [0.05, 0.1) is 6.04 Å². The highest BCUT2D eigenvalue weighted by Gasteiger charge is 2.43. The molecule has 1 aromatic carbocycles. The molecule has 2 atom stereocenters. The number of imide groups is 1. The molecule has 0 bridgehead atoms. The van der Waals surface area contributed by atoms with Crippen LogP contribution in [0.4, 0.5) is 0 Å². The molecule has 3 rings (SSSR count). The fourth-order valence-corrected chi connectivity index (χ4v) is 4.01. The van der Waals surface area contributed by atoms with Gasteiger partial charge in [-0.2, -0.15) is 0 Å². The van der Waals surface area contributed by atoms with Crippen LogP contribution in [0.25, 0.3) is 0 Å². The standard InChI is InChI=1S/C19H23NO2/c1-4-12-7-8-13(5-2)18-15(12)11-14(6-3)19(18)20-16(21)9-10-17(20)22/h7-10,14,19H,4-6,11H2,1-3H3/t14-,19-/m0/s1. The van der Waals surface area contributed by atoms with Gasteiger partial charge in [0.15, 0.2) is 0 Å². The molecule has 2 amide bonds. The van der Waals surface area contributed by atoms with Crippen molar-refractivity contribution in [2.75, 3.05) is 0 Å². The number of amides is 2. The smallest absolute Gasteiger partial charge is 0.254 e. The normalized spacial score (nSPS) is 23.5. The average molecular weight is 297 g/mol. The zero-order valence-electron chi connectivity index (χ0n) is 13.6. The lowest BCUT2D eigenvalue weighted by molar-refractivity contribution is -0.140. The highest BCUT2D eigenvalue weighted by atomic mass is 16.2. The van der Waals surface area contributed by atoms with Gasteiger partial charge in [-0.3, -0.25) is 14.5 Å². The molecule has 1 aromatic rings. The molecule has 0 radical (unpaired) electrons. The van der Waals surface area contributed by atoms with Gasteiger partial charge in [-0.05, 0) is 47.4 Å². The van der Waals surface area contributed by atoms with E-state index < -0.39 is 0 Å². The number of hydrogen-bond donors (Lipinski definition) is 0. The lowest BCUT2D eigenvalue weighted by atomic mass is 9.92. The molecule has 1 aliphatic heterocycles. The van der Waals surface area contributed by atoms with Crippen LogP contribution in [0.5, 0.6) is 0 Å². The largest absolute Gasteiger partial charge is 0.269 e. The Morgan fingerprint density at radius 3 is 2.14 bits per heavy atom. The Morgan fingerprint density at radius 1 is 1.00 bits per heavy atom. The van der Waals surface area contributed by atoms with Crippen LogP contribution in [0.3, 0.4) is 0 Å². The van der Waals surface area contributed by atoms with E-state index in [4.69, 9.17) is 0 Å². The van der Waals surface area contributed by atoms with Crippen molar-refractivity contribution < 1.29 is 9.59 Å². The monoisotopic (exact) mass is 297 g/mol. The van der Waals surface area contributed by atoms with Crippen molar-refractivity contribution in [2.45, 2.75) is 52.5 Å². The molecule has 0 N–H and O–H groups in total. The van der Waals surface area contributed by atoms with Crippen LogP contribution in [0.1, 0.15) is 55.5 Å². The molecule has 3 nitrogen and oxygen atoms in total. The molecule has 1 aliphatic carbocycles. The predicted molar refractivity (Wildman–Crippen MR) is 86.4 cm³/mol. The topological polar surface area (TPSA) is 37.4 Å². The van der Waals surface area contributed by atoms with Gasteiger partial charge in [0.1, 0.15) is 0 Å². The molecule has 0 fully saturated rings. The zero-order chi connectivity index (χ0) is 15.9. The first kappa shape index (κ1) is 15.0. The quantitative estimate of drug-likeness (QED) is 0.799. The molecule has 2 aliphatic rings. The van der Waals surface area contributed by atoms with E-state index in [0.29, 0.717) is 5.92 Å². The van der Waals surface area contributed by atoms with Crippen molar-refractivity contribution in [1.29, 1.82) is 0 Å². The van der Waals surface area contributed by atoms with Crippen LogP contribution >= 0.6 is 0 Å². The maximum absolute atomic E-state index is 12.2. The maximum Gasteiger partial charge on any atom is 0.254 e. The third-order valence-corrected chi connectivity index (χ3v) is 5.16. The summed E-state index contributed by atoms with van der Waals surface area (Å²) in [5.74, 6) is 0.0105. The summed E-state index contributed by atoms with van der Waals surface area (Å²) in [6, 6.07) is 4.32. The molecule has 116 valence electrons. The molecule has 0 aromatic heterocycles. The first-order valence-corrected chi connectivity index (χ1v) is 8.31. The Labute approximate surface area is 132 Å². The Bertz CT molecular complexity index is 642. The van der Waals surface area contributed by atoms with Crippen LogP contribution in [0.15, 0.2) is 24.3 Å². The number of fused-ring (bicyclic) bond motifs is 1. The minimum Gasteiger partial charge on any atom is -0.269 e. The number of carbonyl (C=O) groups is 2. The van der Waals surface area contributed by atoms with Crippen LogP contribution in [0, 0.1) is 5.92 Å². The molecule has 0 saturated heterocycles. The molecule has 3 heteroatoms. The molecule has 0 spiro atoms. The van der Waals surface area contributed by atoms with Crippen molar-refractivity contribution in [2.24, 2.45) is 5.92 Å². The van der Waals surface area contributed by atoms with Gasteiger partial charge in [-0.15, -0.1) is 0 Å². The number of nitrogens with zero attached hydrogens (tertiary/aromatic N) is 1. The van der Waals surface area contributed by atoms with E-state index in [-0.39, 0.29) is 17.9 Å². The Hall–Kier alpha value is -1.90. The Kier molecular flexibility index (Phi) is 3.90. The van der Waals surface area contributed by atoms with Crippen molar-refractivity contribution >= 4 is 11.8 Å². The van der Waals surface area contributed by atoms with Crippen LogP contribution < -0.4 is 0 Å². The third kappa shape index (κ3) is 2.11. The molecule has 0 saturated carbocycles. The first-order chi connectivity index (χ1) is 10.6. The van der Waals surface area contributed by atoms with Gasteiger partial charge in [0.2, 0.25) is 0 Å². The van der Waals surface area contributed by atoms with Gasteiger partial charge in [0.25, 0.3) is 11.8 Å². The zero-order valence-corrected chi connectivity index (χ0v) is 13.6. The van der Waals surface area contributed by atoms with Crippen LogP contribution in [-0.2, 0) is 28.9 Å². The number of hydrogen-bond acceptors (Lipinski definition) is 2. The van der Waals surface area contributed by atoms with E-state index in [9.17, 15) is 9.59 Å². The molecule has 1 heterocycles. The Morgan fingerprint density at radius 2 is 1.59 bits per heavy atom. The van der Waals surface area contributed by atoms with Crippen molar-refractivity contribution in [1.82, 2.24) is 4.90 Å². The van der Waals surface area contributed by atoms with Gasteiger partial charge >= 0.3 is 0 Å². The summed E-state index contributed by atoms with van der Waals surface area (Å²) < 4.78 is 0. The van der Waals surface area contributed by atoms with E-state index >= 15 is 0 Å². The minimum atomic E-state index is -0.162. The second-order valence-electron chi connectivity index (χ2n) is 6.18. The third-order valence-electron chi connectivity index (χ3n) is 5.16. The SMILES string of the molecule is CCc1ccc(CC)c2c1C[C@H](CC)[C@@H]2N1C(=O)C=CC1=O. The summed E-state index contributed by atoms with van der Waals surface area (Å²) in [6.07, 6.45) is 6.69. The highest BCUT2D eigenvalue weighted by Crippen LogP contribution is 2.46. The number of rotatable bonds is 4. The molecule has 0 unspecified atom stereocenters. The first-order valence-electron chi connectivity index (χ1n) is 8.31. The highest BCUT2D eigenvalue weighted by molar-refractivity contribution is 6.13. The van der Waals surface area contributed by atoms with Crippen molar-refractivity contribution in [3.63, 3.8) is 0 Å². The van der Waals surface area contributed by atoms with E-state index in [2.05, 4.69) is 32.9 Å². The van der Waals surface area contributed by atoms with Gasteiger partial charge in [-0.1, -0.05) is 39.3 Å². The lowest BCUT2D eigenvalue weighted by Crippen LogP contribution is -2.36. The van der Waals surface area contributed by atoms with Crippen molar-refractivity contribution in [3.05, 3.63) is 46.5 Å². The van der Waals surface area contributed by atoms with Gasteiger partial charge < -0.3 is 0 Å². The van der Waals surface area contributed by atoms with E-state index in [0.717, 1.165) is 25.7 Å². The average Bonchev–Trinajstić information content (AvgIpc) is 3.06. The Balaban J connectivity index is 2.16. The minimum absolute atomic E-state index is 0.0866. The predicted octanol–water partition coefficient (Wildman–Crippen LogP) is 3.36. The summed E-state index contributed by atoms with van der Waals surface area (Å²) in [4.78, 5) is 25.9. The summed E-state index contributed by atoms with van der Waals surface area (Å²) in [5, 5.41) is 0. The molecular formula is C19H23NO2. The van der Waals surface area contributed by atoms with Gasteiger partial charge in [0, 0.05) is 12.2 Å². The molecule has 22 heavy (non-hydrogen) atoms. The van der Waals surface area contributed by atoms with Gasteiger partial charge in [-0.25, -0.2) is 0 Å².